The molecule has 0 atom stereocenters. The van der Waals surface area contributed by atoms with E-state index in [1.165, 1.54) is 23.5 Å². The van der Waals surface area contributed by atoms with Crippen LogP contribution in [0.5, 0.6) is 0 Å². The number of nitrogens with zero attached hydrogens (tertiary/aromatic N) is 1. The molecule has 6 heteroatoms. The van der Waals surface area contributed by atoms with Crippen LogP contribution in [0, 0.1) is 5.82 Å². The summed E-state index contributed by atoms with van der Waals surface area (Å²) >= 11 is 1.33. The third-order valence-corrected chi connectivity index (χ3v) is 4.46. The summed E-state index contributed by atoms with van der Waals surface area (Å²) in [7, 11) is 0. The molecular weight excluding hydrogens is 339 g/mol. The molecule has 25 heavy (non-hydrogen) atoms. The molecule has 0 saturated carbocycles. The summed E-state index contributed by atoms with van der Waals surface area (Å²) in [5.74, 6) is 0.146. The number of carbonyl (C=O) groups excluding carboxylic acids is 1. The molecule has 124 valence electrons. The number of benzene rings is 2. The zero-order valence-corrected chi connectivity index (χ0v) is 13.8. The van der Waals surface area contributed by atoms with Crippen molar-refractivity contribution in [2.45, 2.75) is 6.42 Å². The highest BCUT2D eigenvalue weighted by Gasteiger charge is 2.12. The molecule has 4 rings (SSSR count). The van der Waals surface area contributed by atoms with E-state index in [2.05, 4.69) is 10.3 Å². The lowest BCUT2D eigenvalue weighted by molar-refractivity contribution is -0.115. The van der Waals surface area contributed by atoms with Gasteiger partial charge >= 0.3 is 0 Å². The Bertz CT molecular complexity index is 1000. The fraction of sp³-hybridized carbons (Fsp3) is 0.0526. The van der Waals surface area contributed by atoms with E-state index in [1.54, 1.807) is 12.1 Å². The van der Waals surface area contributed by atoms with E-state index >= 15 is 0 Å². The van der Waals surface area contributed by atoms with Crippen molar-refractivity contribution in [3.05, 3.63) is 71.4 Å². The Hall–Kier alpha value is -2.99. The second-order valence-electron chi connectivity index (χ2n) is 5.54. The number of halogens is 1. The third-order valence-electron chi connectivity index (χ3n) is 3.71. The highest BCUT2D eigenvalue weighted by atomic mass is 32.1. The lowest BCUT2D eigenvalue weighted by Gasteiger charge is -2.01. The molecule has 0 unspecified atom stereocenters. The smallest absolute Gasteiger partial charge is 0.230 e. The van der Waals surface area contributed by atoms with Crippen LogP contribution in [-0.4, -0.2) is 10.9 Å². The van der Waals surface area contributed by atoms with Crippen molar-refractivity contribution in [3.63, 3.8) is 0 Å². The predicted molar refractivity (Wildman–Crippen MR) is 96.1 cm³/mol. The van der Waals surface area contributed by atoms with Gasteiger partial charge in [-0.05, 0) is 29.8 Å². The maximum absolute atomic E-state index is 12.9. The summed E-state index contributed by atoms with van der Waals surface area (Å²) < 4.78 is 18.7. The second kappa shape index (κ2) is 6.49. The average molecular weight is 352 g/mol. The summed E-state index contributed by atoms with van der Waals surface area (Å²) in [4.78, 5) is 16.5. The van der Waals surface area contributed by atoms with Gasteiger partial charge in [0.1, 0.15) is 17.1 Å². The molecule has 0 aliphatic heterocycles. The number of anilines is 1. The molecule has 1 N–H and O–H groups in total. The van der Waals surface area contributed by atoms with Crippen LogP contribution >= 0.6 is 11.3 Å². The number of rotatable bonds is 4. The summed E-state index contributed by atoms with van der Waals surface area (Å²) in [5.41, 5.74) is 2.22. The Labute approximate surface area is 146 Å². The first-order chi connectivity index (χ1) is 12.2. The van der Waals surface area contributed by atoms with Gasteiger partial charge in [0.05, 0.1) is 6.42 Å². The quantitative estimate of drug-likeness (QED) is 0.570. The minimum absolute atomic E-state index is 0.166. The first-order valence-electron chi connectivity index (χ1n) is 7.66. The Morgan fingerprint density at radius 1 is 1.16 bits per heavy atom. The maximum atomic E-state index is 12.9. The number of furan rings is 1. The highest BCUT2D eigenvalue weighted by molar-refractivity contribution is 7.14. The average Bonchev–Trinajstić information content (AvgIpc) is 3.23. The van der Waals surface area contributed by atoms with Crippen molar-refractivity contribution in [2.24, 2.45) is 0 Å². The second-order valence-corrected chi connectivity index (χ2v) is 6.40. The minimum Gasteiger partial charge on any atom is -0.454 e. The fourth-order valence-electron chi connectivity index (χ4n) is 2.50. The number of aromatic nitrogens is 1. The number of para-hydroxylation sites is 1. The van der Waals surface area contributed by atoms with E-state index in [9.17, 15) is 9.18 Å². The predicted octanol–water partition coefficient (Wildman–Crippen LogP) is 4.88. The number of hydrogen-bond acceptors (Lipinski definition) is 4. The Balaban J connectivity index is 1.47. The SMILES string of the molecule is O=C(Cc1ccc(F)cc1)Nc1nc(-c2cc3ccccc3o2)cs1. The number of carbonyl (C=O) groups is 1. The molecule has 2 heterocycles. The van der Waals surface area contributed by atoms with Crippen molar-refractivity contribution in [3.8, 4) is 11.5 Å². The van der Waals surface area contributed by atoms with Crippen molar-refractivity contribution in [2.75, 3.05) is 5.32 Å². The van der Waals surface area contributed by atoms with Gasteiger partial charge in [0.25, 0.3) is 0 Å². The van der Waals surface area contributed by atoms with Gasteiger partial charge in [0, 0.05) is 10.8 Å². The Kier molecular flexibility index (Phi) is 4.03. The zero-order valence-electron chi connectivity index (χ0n) is 13.0. The van der Waals surface area contributed by atoms with Crippen LogP contribution in [0.25, 0.3) is 22.4 Å². The number of amides is 1. The normalized spacial score (nSPS) is 10.9. The van der Waals surface area contributed by atoms with Crippen molar-refractivity contribution in [1.82, 2.24) is 4.98 Å². The molecule has 0 aliphatic carbocycles. The van der Waals surface area contributed by atoms with Gasteiger partial charge in [-0.25, -0.2) is 9.37 Å². The number of fused-ring (bicyclic) bond motifs is 1. The number of hydrogen-bond donors (Lipinski definition) is 1. The van der Waals surface area contributed by atoms with Crippen LogP contribution in [0.1, 0.15) is 5.56 Å². The van der Waals surface area contributed by atoms with Crippen molar-refractivity contribution >= 4 is 33.3 Å². The zero-order chi connectivity index (χ0) is 17.2. The molecule has 0 saturated heterocycles. The Morgan fingerprint density at radius 3 is 2.76 bits per heavy atom. The molecular formula is C19H13FN2O2S. The van der Waals surface area contributed by atoms with Gasteiger partial charge in [-0.15, -0.1) is 11.3 Å². The van der Waals surface area contributed by atoms with E-state index in [-0.39, 0.29) is 18.1 Å². The van der Waals surface area contributed by atoms with Gasteiger partial charge in [-0.3, -0.25) is 4.79 Å². The largest absolute Gasteiger partial charge is 0.454 e. The summed E-state index contributed by atoms with van der Waals surface area (Å²) in [5, 5.41) is 6.11. The molecule has 0 aliphatic rings. The van der Waals surface area contributed by atoms with Crippen LogP contribution < -0.4 is 5.32 Å². The van der Waals surface area contributed by atoms with Crippen molar-refractivity contribution < 1.29 is 13.6 Å². The van der Waals surface area contributed by atoms with Gasteiger partial charge in [0.15, 0.2) is 10.9 Å². The fourth-order valence-corrected chi connectivity index (χ4v) is 3.22. The first kappa shape index (κ1) is 15.5. The molecule has 0 spiro atoms. The summed E-state index contributed by atoms with van der Waals surface area (Å²) in [6.45, 7) is 0. The molecule has 1 amide bonds. The van der Waals surface area contributed by atoms with Gasteiger partial charge in [-0.2, -0.15) is 0 Å². The minimum atomic E-state index is -0.320. The van der Waals surface area contributed by atoms with E-state index in [4.69, 9.17) is 4.42 Å². The van der Waals surface area contributed by atoms with Gasteiger partial charge in [-0.1, -0.05) is 30.3 Å². The molecule has 0 fully saturated rings. The number of nitrogens with one attached hydrogen (secondary N) is 1. The van der Waals surface area contributed by atoms with Crippen LogP contribution in [-0.2, 0) is 11.2 Å². The molecule has 2 aromatic heterocycles. The molecule has 2 aromatic carbocycles. The molecule has 4 nitrogen and oxygen atoms in total. The molecule has 0 bridgehead atoms. The Morgan fingerprint density at radius 2 is 1.96 bits per heavy atom. The lowest BCUT2D eigenvalue weighted by atomic mass is 10.1. The van der Waals surface area contributed by atoms with E-state index in [1.807, 2.05) is 35.7 Å². The summed E-state index contributed by atoms with van der Waals surface area (Å²) in [6.07, 6.45) is 0.166. The van der Waals surface area contributed by atoms with Crippen LogP contribution in [0.4, 0.5) is 9.52 Å². The van der Waals surface area contributed by atoms with Crippen LogP contribution in [0.15, 0.2) is 64.4 Å². The van der Waals surface area contributed by atoms with E-state index in [0.29, 0.717) is 16.6 Å². The maximum Gasteiger partial charge on any atom is 0.230 e. The molecule has 0 radical (unpaired) electrons. The highest BCUT2D eigenvalue weighted by Crippen LogP contribution is 2.30. The van der Waals surface area contributed by atoms with Crippen LogP contribution in [0.3, 0.4) is 0 Å². The monoisotopic (exact) mass is 352 g/mol. The van der Waals surface area contributed by atoms with Gasteiger partial charge in [0.2, 0.25) is 5.91 Å². The lowest BCUT2D eigenvalue weighted by Crippen LogP contribution is -2.14. The van der Waals surface area contributed by atoms with Crippen molar-refractivity contribution in [1.29, 1.82) is 0 Å². The number of thiazole rings is 1. The molecule has 4 aromatic rings. The topological polar surface area (TPSA) is 55.1 Å². The van der Waals surface area contributed by atoms with Gasteiger partial charge < -0.3 is 9.73 Å². The third kappa shape index (κ3) is 3.44. The standard InChI is InChI=1S/C19H13FN2O2S/c20-14-7-5-12(6-8-14)9-18(23)22-19-21-15(11-25-19)17-10-13-3-1-2-4-16(13)24-17/h1-8,10-11H,9H2,(H,21,22,23). The van der Waals surface area contributed by atoms with Crippen LogP contribution in [0.2, 0.25) is 0 Å². The van der Waals surface area contributed by atoms with E-state index in [0.717, 1.165) is 16.5 Å². The van der Waals surface area contributed by atoms with E-state index < -0.39 is 0 Å². The first-order valence-corrected chi connectivity index (χ1v) is 8.54. The summed E-state index contributed by atoms with van der Waals surface area (Å²) in [6, 6.07) is 15.5.